The molecule has 1 aliphatic heterocycles. The van der Waals surface area contributed by atoms with E-state index in [1.807, 2.05) is 11.9 Å². The standard InChI is InChI=1S/C15H19F2NO2/c1-18(8-11-3-2-6-20-10-11)9-15(19)13-7-12(16)4-5-14(13)17/h4-5,7,11H,2-3,6,8-10H2,1H3. The van der Waals surface area contributed by atoms with Gasteiger partial charge in [-0.25, -0.2) is 8.78 Å². The lowest BCUT2D eigenvalue weighted by atomic mass is 10.0. The molecule has 110 valence electrons. The lowest BCUT2D eigenvalue weighted by Crippen LogP contribution is -2.34. The number of halogens is 2. The summed E-state index contributed by atoms with van der Waals surface area (Å²) in [5.74, 6) is -1.27. The van der Waals surface area contributed by atoms with Crippen LogP contribution < -0.4 is 0 Å². The summed E-state index contributed by atoms with van der Waals surface area (Å²) < 4.78 is 32.0. The van der Waals surface area contributed by atoms with Gasteiger partial charge in [0.15, 0.2) is 5.78 Å². The van der Waals surface area contributed by atoms with Crippen LogP contribution in [-0.4, -0.2) is 44.0 Å². The van der Waals surface area contributed by atoms with Gasteiger partial charge in [0, 0.05) is 13.2 Å². The highest BCUT2D eigenvalue weighted by atomic mass is 19.1. The van der Waals surface area contributed by atoms with Crippen LogP contribution in [0.15, 0.2) is 18.2 Å². The second-order valence-corrected chi connectivity index (χ2v) is 5.33. The minimum Gasteiger partial charge on any atom is -0.381 e. The van der Waals surface area contributed by atoms with Gasteiger partial charge < -0.3 is 4.74 Å². The average Bonchev–Trinajstić information content (AvgIpc) is 2.42. The summed E-state index contributed by atoms with van der Waals surface area (Å²) in [6.07, 6.45) is 2.11. The molecule has 2 rings (SSSR count). The van der Waals surface area contributed by atoms with Crippen LogP contribution in [0.4, 0.5) is 8.78 Å². The molecule has 1 atom stereocenters. The molecule has 0 spiro atoms. The van der Waals surface area contributed by atoms with Crippen LogP contribution in [0.25, 0.3) is 0 Å². The fourth-order valence-electron chi connectivity index (χ4n) is 2.50. The van der Waals surface area contributed by atoms with E-state index in [-0.39, 0.29) is 12.1 Å². The quantitative estimate of drug-likeness (QED) is 0.778. The van der Waals surface area contributed by atoms with Gasteiger partial charge in [0.05, 0.1) is 18.7 Å². The number of nitrogens with zero attached hydrogens (tertiary/aromatic N) is 1. The lowest BCUT2D eigenvalue weighted by molar-refractivity contribution is 0.0416. The van der Waals surface area contributed by atoms with E-state index in [2.05, 4.69) is 0 Å². The largest absolute Gasteiger partial charge is 0.381 e. The summed E-state index contributed by atoms with van der Waals surface area (Å²) >= 11 is 0. The van der Waals surface area contributed by atoms with Crippen LogP contribution in [0.1, 0.15) is 23.2 Å². The summed E-state index contributed by atoms with van der Waals surface area (Å²) in [6, 6.07) is 2.95. The Morgan fingerprint density at radius 3 is 2.95 bits per heavy atom. The third-order valence-corrected chi connectivity index (χ3v) is 3.47. The summed E-state index contributed by atoms with van der Waals surface area (Å²) in [6.45, 7) is 2.31. The number of ether oxygens (including phenoxy) is 1. The first-order valence-corrected chi connectivity index (χ1v) is 6.81. The molecule has 0 aromatic heterocycles. The average molecular weight is 283 g/mol. The molecule has 0 saturated carbocycles. The van der Waals surface area contributed by atoms with Crippen molar-refractivity contribution < 1.29 is 18.3 Å². The maximum absolute atomic E-state index is 13.5. The lowest BCUT2D eigenvalue weighted by Gasteiger charge is -2.26. The number of rotatable bonds is 5. The van der Waals surface area contributed by atoms with Gasteiger partial charge in [0.2, 0.25) is 0 Å². The summed E-state index contributed by atoms with van der Waals surface area (Å²) in [7, 11) is 1.81. The van der Waals surface area contributed by atoms with Crippen molar-refractivity contribution in [3.63, 3.8) is 0 Å². The van der Waals surface area contributed by atoms with E-state index < -0.39 is 17.4 Å². The number of Topliss-reactive ketones (excluding diaryl/α,β-unsaturated/α-hetero) is 1. The zero-order valence-electron chi connectivity index (χ0n) is 11.6. The third-order valence-electron chi connectivity index (χ3n) is 3.47. The fraction of sp³-hybridized carbons (Fsp3) is 0.533. The first kappa shape index (κ1) is 15.1. The van der Waals surface area contributed by atoms with Crippen molar-refractivity contribution in [2.75, 3.05) is 33.4 Å². The molecule has 1 unspecified atom stereocenters. The van der Waals surface area contributed by atoms with Crippen molar-refractivity contribution in [2.45, 2.75) is 12.8 Å². The highest BCUT2D eigenvalue weighted by Gasteiger charge is 2.19. The number of hydrogen-bond donors (Lipinski definition) is 0. The second-order valence-electron chi connectivity index (χ2n) is 5.33. The van der Waals surface area contributed by atoms with Crippen molar-refractivity contribution in [3.05, 3.63) is 35.4 Å². The number of likely N-dealkylation sites (N-methyl/N-ethyl adjacent to an activating group) is 1. The Kier molecular flexibility index (Phi) is 5.20. The molecule has 0 amide bonds. The van der Waals surface area contributed by atoms with Crippen molar-refractivity contribution in [1.82, 2.24) is 4.90 Å². The van der Waals surface area contributed by atoms with Crippen LogP contribution in [0, 0.1) is 17.6 Å². The van der Waals surface area contributed by atoms with E-state index in [9.17, 15) is 13.6 Å². The van der Waals surface area contributed by atoms with Gasteiger partial charge in [-0.05, 0) is 44.0 Å². The van der Waals surface area contributed by atoms with Crippen LogP contribution in [-0.2, 0) is 4.74 Å². The normalized spacial score (nSPS) is 19.3. The number of ketones is 1. The van der Waals surface area contributed by atoms with Gasteiger partial charge >= 0.3 is 0 Å². The number of carbonyl (C=O) groups excluding carboxylic acids is 1. The first-order valence-electron chi connectivity index (χ1n) is 6.81. The van der Waals surface area contributed by atoms with E-state index in [0.29, 0.717) is 12.5 Å². The van der Waals surface area contributed by atoms with Crippen LogP contribution >= 0.6 is 0 Å². The fourth-order valence-corrected chi connectivity index (χ4v) is 2.50. The molecule has 0 radical (unpaired) electrons. The molecule has 20 heavy (non-hydrogen) atoms. The van der Waals surface area contributed by atoms with Gasteiger partial charge in [-0.2, -0.15) is 0 Å². The van der Waals surface area contributed by atoms with Crippen molar-refractivity contribution in [3.8, 4) is 0 Å². The van der Waals surface area contributed by atoms with Crippen LogP contribution in [0.3, 0.4) is 0 Å². The van der Waals surface area contributed by atoms with E-state index >= 15 is 0 Å². The number of carbonyl (C=O) groups is 1. The topological polar surface area (TPSA) is 29.5 Å². The monoisotopic (exact) mass is 283 g/mol. The van der Waals surface area contributed by atoms with Gasteiger partial charge in [-0.15, -0.1) is 0 Å². The van der Waals surface area contributed by atoms with Gasteiger partial charge in [0.25, 0.3) is 0 Å². The molecule has 1 aliphatic rings. The van der Waals surface area contributed by atoms with Crippen LogP contribution in [0.2, 0.25) is 0 Å². The Morgan fingerprint density at radius 1 is 1.45 bits per heavy atom. The summed E-state index contributed by atoms with van der Waals surface area (Å²) in [4.78, 5) is 13.8. The minimum atomic E-state index is -0.675. The Balaban J connectivity index is 1.91. The highest BCUT2D eigenvalue weighted by Crippen LogP contribution is 2.15. The molecule has 3 nitrogen and oxygen atoms in total. The molecular weight excluding hydrogens is 264 g/mol. The second kappa shape index (κ2) is 6.90. The van der Waals surface area contributed by atoms with E-state index in [1.54, 1.807) is 0 Å². The molecule has 1 heterocycles. The number of hydrogen-bond acceptors (Lipinski definition) is 3. The van der Waals surface area contributed by atoms with E-state index in [0.717, 1.165) is 44.2 Å². The molecule has 1 fully saturated rings. The molecule has 1 aromatic carbocycles. The Hall–Kier alpha value is -1.33. The van der Waals surface area contributed by atoms with Gasteiger partial charge in [-0.1, -0.05) is 0 Å². The van der Waals surface area contributed by atoms with Crippen LogP contribution in [0.5, 0.6) is 0 Å². The maximum atomic E-state index is 13.5. The molecule has 0 bridgehead atoms. The summed E-state index contributed by atoms with van der Waals surface area (Å²) in [5, 5.41) is 0. The van der Waals surface area contributed by atoms with Gasteiger partial charge in [-0.3, -0.25) is 9.69 Å². The zero-order chi connectivity index (χ0) is 14.5. The smallest absolute Gasteiger partial charge is 0.179 e. The SMILES string of the molecule is CN(CC(=O)c1cc(F)ccc1F)CC1CCCOC1. The predicted octanol–water partition coefficient (Wildman–Crippen LogP) is 2.51. The third kappa shape index (κ3) is 4.08. The summed E-state index contributed by atoms with van der Waals surface area (Å²) in [5.41, 5.74) is -0.184. The molecule has 0 aliphatic carbocycles. The van der Waals surface area contributed by atoms with Crippen molar-refractivity contribution in [1.29, 1.82) is 0 Å². The molecular formula is C15H19F2NO2. The van der Waals surface area contributed by atoms with Crippen molar-refractivity contribution >= 4 is 5.78 Å². The molecule has 0 N–H and O–H groups in total. The van der Waals surface area contributed by atoms with E-state index in [1.165, 1.54) is 0 Å². The minimum absolute atomic E-state index is 0.0802. The molecule has 1 saturated heterocycles. The Bertz CT molecular complexity index is 473. The first-order chi connectivity index (χ1) is 9.56. The predicted molar refractivity (Wildman–Crippen MR) is 71.7 cm³/mol. The zero-order valence-corrected chi connectivity index (χ0v) is 11.6. The molecule has 5 heteroatoms. The maximum Gasteiger partial charge on any atom is 0.179 e. The van der Waals surface area contributed by atoms with E-state index in [4.69, 9.17) is 4.74 Å². The highest BCUT2D eigenvalue weighted by molar-refractivity contribution is 5.97. The van der Waals surface area contributed by atoms with Crippen molar-refractivity contribution in [2.24, 2.45) is 5.92 Å². The number of benzene rings is 1. The Morgan fingerprint density at radius 2 is 2.25 bits per heavy atom. The van der Waals surface area contributed by atoms with Gasteiger partial charge in [0.1, 0.15) is 11.6 Å². The molecule has 1 aromatic rings. The Labute approximate surface area is 117 Å².